The van der Waals surface area contributed by atoms with Crippen LogP contribution in [0.4, 0.5) is 0 Å². The Morgan fingerprint density at radius 3 is 1.39 bits per heavy atom. The van der Waals surface area contributed by atoms with Crippen LogP contribution in [0.1, 0.15) is 213 Å². The van der Waals surface area contributed by atoms with Crippen LogP contribution in [-0.2, 0) is 14.3 Å². The number of allylic oxidation sites excluding steroid dienone is 5. The maximum Gasteiger partial charge on any atom is 0.305 e. The first-order chi connectivity index (χ1) is 25.0. The van der Waals surface area contributed by atoms with E-state index in [0.717, 1.165) is 83.5 Å². The van der Waals surface area contributed by atoms with Gasteiger partial charge in [0, 0.05) is 12.8 Å². The summed E-state index contributed by atoms with van der Waals surface area (Å²) < 4.78 is 5.41. The van der Waals surface area contributed by atoms with Crippen LogP contribution in [0.25, 0.3) is 0 Å². The lowest BCUT2D eigenvalue weighted by atomic mass is 10.1. The molecule has 6 heteroatoms. The van der Waals surface area contributed by atoms with Gasteiger partial charge in [-0.25, -0.2) is 0 Å². The second-order valence-corrected chi connectivity index (χ2v) is 14.7. The summed E-state index contributed by atoms with van der Waals surface area (Å²) in [6.45, 7) is 4.76. The lowest BCUT2D eigenvalue weighted by molar-refractivity contribution is -0.143. The number of carbonyl (C=O) groups is 2. The van der Waals surface area contributed by atoms with Gasteiger partial charge in [0.1, 0.15) is 0 Å². The molecule has 0 aliphatic heterocycles. The summed E-state index contributed by atoms with van der Waals surface area (Å²) in [4.78, 5) is 24.3. The summed E-state index contributed by atoms with van der Waals surface area (Å²) in [7, 11) is 0. The van der Waals surface area contributed by atoms with Crippen molar-refractivity contribution in [3.63, 3.8) is 0 Å². The molecule has 51 heavy (non-hydrogen) atoms. The molecule has 3 N–H and O–H groups in total. The van der Waals surface area contributed by atoms with E-state index >= 15 is 0 Å². The molecular formula is C45H83NO5. The Kier molecular flexibility index (Phi) is 39.3. The van der Waals surface area contributed by atoms with Crippen molar-refractivity contribution in [3.05, 3.63) is 36.5 Å². The first-order valence-electron chi connectivity index (χ1n) is 21.8. The third-order valence-electron chi connectivity index (χ3n) is 9.63. The van der Waals surface area contributed by atoms with Gasteiger partial charge in [-0.15, -0.1) is 0 Å². The molecule has 0 fully saturated rings. The van der Waals surface area contributed by atoms with Gasteiger partial charge in [0.15, 0.2) is 0 Å². The summed E-state index contributed by atoms with van der Waals surface area (Å²) in [6.07, 6.45) is 47.0. The van der Waals surface area contributed by atoms with Crippen molar-refractivity contribution in [2.24, 2.45) is 0 Å². The van der Waals surface area contributed by atoms with Gasteiger partial charge in [0.2, 0.25) is 5.91 Å². The fourth-order valence-corrected chi connectivity index (χ4v) is 6.21. The van der Waals surface area contributed by atoms with Gasteiger partial charge >= 0.3 is 5.97 Å². The van der Waals surface area contributed by atoms with E-state index < -0.39 is 12.1 Å². The van der Waals surface area contributed by atoms with Crippen LogP contribution in [0, 0.1) is 0 Å². The van der Waals surface area contributed by atoms with Gasteiger partial charge in [-0.2, -0.15) is 0 Å². The van der Waals surface area contributed by atoms with E-state index in [0.29, 0.717) is 19.4 Å². The number of ether oxygens (including phenoxy) is 1. The van der Waals surface area contributed by atoms with Gasteiger partial charge in [-0.1, -0.05) is 153 Å². The summed E-state index contributed by atoms with van der Waals surface area (Å²) in [5, 5.41) is 22.8. The number of hydrogen-bond donors (Lipinski definition) is 3. The van der Waals surface area contributed by atoms with Crippen molar-refractivity contribution in [3.8, 4) is 0 Å². The lowest BCUT2D eigenvalue weighted by Gasteiger charge is -2.20. The normalized spacial score (nSPS) is 13.1. The minimum atomic E-state index is -0.860. The van der Waals surface area contributed by atoms with E-state index in [9.17, 15) is 19.8 Å². The van der Waals surface area contributed by atoms with Crippen molar-refractivity contribution in [1.29, 1.82) is 0 Å². The van der Waals surface area contributed by atoms with Crippen molar-refractivity contribution in [2.75, 3.05) is 13.2 Å². The zero-order chi connectivity index (χ0) is 37.3. The highest BCUT2D eigenvalue weighted by Gasteiger charge is 2.17. The third-order valence-corrected chi connectivity index (χ3v) is 9.63. The Balaban J connectivity index is 3.56. The van der Waals surface area contributed by atoms with E-state index in [4.69, 9.17) is 4.74 Å². The smallest absolute Gasteiger partial charge is 0.305 e. The second-order valence-electron chi connectivity index (χ2n) is 14.7. The molecule has 0 heterocycles. The number of amides is 1. The van der Waals surface area contributed by atoms with Gasteiger partial charge in [0.05, 0.1) is 25.4 Å². The van der Waals surface area contributed by atoms with Crippen LogP contribution in [0.15, 0.2) is 36.5 Å². The lowest BCUT2D eigenvalue weighted by Crippen LogP contribution is -2.45. The van der Waals surface area contributed by atoms with E-state index in [1.165, 1.54) is 103 Å². The first-order valence-corrected chi connectivity index (χ1v) is 21.8. The number of hydrogen-bond acceptors (Lipinski definition) is 5. The molecule has 298 valence electrons. The molecule has 6 nitrogen and oxygen atoms in total. The van der Waals surface area contributed by atoms with Crippen molar-refractivity contribution in [1.82, 2.24) is 5.32 Å². The van der Waals surface area contributed by atoms with Gasteiger partial charge in [-0.3, -0.25) is 9.59 Å². The maximum atomic E-state index is 12.3. The third kappa shape index (κ3) is 37.6. The zero-order valence-corrected chi connectivity index (χ0v) is 33.6. The Hall–Kier alpha value is -1.92. The fraction of sp³-hybridized carbons (Fsp3) is 0.822. The minimum Gasteiger partial charge on any atom is -0.466 e. The van der Waals surface area contributed by atoms with Crippen LogP contribution in [0.3, 0.4) is 0 Å². The fourth-order valence-electron chi connectivity index (χ4n) is 6.21. The largest absolute Gasteiger partial charge is 0.466 e. The van der Waals surface area contributed by atoms with Gasteiger partial charge < -0.3 is 20.3 Å². The van der Waals surface area contributed by atoms with Crippen molar-refractivity contribution < 1.29 is 24.5 Å². The van der Waals surface area contributed by atoms with Crippen molar-refractivity contribution >= 4 is 11.9 Å². The van der Waals surface area contributed by atoms with Crippen LogP contribution in [-0.4, -0.2) is 47.4 Å². The van der Waals surface area contributed by atoms with E-state index in [-0.39, 0.29) is 18.5 Å². The first kappa shape index (κ1) is 49.1. The molecule has 0 radical (unpaired) electrons. The SMILES string of the molecule is CCCCCCC/C=C\CCCCCCCC(=O)OCCCC/C=C\CCCCCCCC(=O)NC(CO)C(O)/C=C/CCCCCCCCC. The molecule has 2 atom stereocenters. The van der Waals surface area contributed by atoms with Crippen LogP contribution >= 0.6 is 0 Å². The van der Waals surface area contributed by atoms with E-state index in [1.807, 2.05) is 6.08 Å². The Morgan fingerprint density at radius 1 is 0.529 bits per heavy atom. The number of unbranched alkanes of at least 4 members (excludes halogenated alkanes) is 24. The second kappa shape index (κ2) is 40.8. The molecule has 0 bridgehead atoms. The molecule has 0 aliphatic carbocycles. The number of nitrogens with one attached hydrogen (secondary N) is 1. The zero-order valence-electron chi connectivity index (χ0n) is 33.6. The summed E-state index contributed by atoms with van der Waals surface area (Å²) >= 11 is 0. The average Bonchev–Trinajstić information content (AvgIpc) is 3.13. The van der Waals surface area contributed by atoms with Gasteiger partial charge in [0.25, 0.3) is 0 Å². The summed E-state index contributed by atoms with van der Waals surface area (Å²) in [5.74, 6) is -0.146. The average molecular weight is 718 g/mol. The molecule has 1 amide bonds. The molecule has 0 spiro atoms. The summed E-state index contributed by atoms with van der Waals surface area (Å²) in [5.41, 5.74) is 0. The van der Waals surface area contributed by atoms with Crippen molar-refractivity contribution in [2.45, 2.75) is 225 Å². The monoisotopic (exact) mass is 718 g/mol. The Morgan fingerprint density at radius 2 is 0.922 bits per heavy atom. The number of aliphatic hydroxyl groups excluding tert-OH is 2. The number of aliphatic hydroxyl groups is 2. The van der Waals surface area contributed by atoms with Crippen LogP contribution in [0.5, 0.6) is 0 Å². The number of carbonyl (C=O) groups excluding carboxylic acids is 2. The highest BCUT2D eigenvalue weighted by Crippen LogP contribution is 2.12. The maximum absolute atomic E-state index is 12.3. The van der Waals surface area contributed by atoms with E-state index in [2.05, 4.69) is 43.5 Å². The molecule has 0 aromatic heterocycles. The predicted molar refractivity (Wildman–Crippen MR) is 218 cm³/mol. The molecule has 0 saturated carbocycles. The molecule has 0 aromatic carbocycles. The molecule has 2 unspecified atom stereocenters. The van der Waals surface area contributed by atoms with E-state index in [1.54, 1.807) is 6.08 Å². The Bertz CT molecular complexity index is 838. The highest BCUT2D eigenvalue weighted by atomic mass is 16.5. The number of rotatable bonds is 39. The predicted octanol–water partition coefficient (Wildman–Crippen LogP) is 12.2. The van der Waals surface area contributed by atoms with Crippen LogP contribution < -0.4 is 5.32 Å². The quantitative estimate of drug-likeness (QED) is 0.0334. The van der Waals surface area contributed by atoms with Gasteiger partial charge in [-0.05, 0) is 83.5 Å². The Labute approximate surface area is 315 Å². The topological polar surface area (TPSA) is 95.9 Å². The molecule has 0 aromatic rings. The molecule has 0 saturated heterocycles. The standard InChI is InChI=1S/C45H83NO5/c1-3-5-7-9-11-13-14-15-16-19-23-27-31-35-39-45(50)51-40-36-32-28-24-20-17-18-22-26-30-34-38-44(49)46-42(41-47)43(48)37-33-29-25-21-12-10-8-6-4-2/h14-15,20,24,33,37,42-43,47-48H,3-13,16-19,21-23,25-32,34-36,38-41H2,1-2H3,(H,46,49)/b15-14-,24-20-,37-33+. The summed E-state index contributed by atoms with van der Waals surface area (Å²) in [6, 6.07) is -0.647. The molecular weight excluding hydrogens is 634 g/mol. The molecule has 0 rings (SSSR count). The van der Waals surface area contributed by atoms with Crippen LogP contribution in [0.2, 0.25) is 0 Å². The molecule has 0 aliphatic rings. The number of esters is 1. The minimum absolute atomic E-state index is 0.0433. The highest BCUT2D eigenvalue weighted by molar-refractivity contribution is 5.76.